The van der Waals surface area contributed by atoms with Gasteiger partial charge in [0.2, 0.25) is 0 Å². The lowest BCUT2D eigenvalue weighted by Gasteiger charge is -2.27. The Bertz CT molecular complexity index is 476. The van der Waals surface area contributed by atoms with Crippen LogP contribution < -0.4 is 0 Å². The SMILES string of the molecule is O=C(ON1CCc2c(Br)cccc2C1)C(F)(F)F. The summed E-state index contributed by atoms with van der Waals surface area (Å²) < 4.78 is 37.1. The molecule has 0 aromatic heterocycles. The average Bonchev–Trinajstić information content (AvgIpc) is 2.28. The van der Waals surface area contributed by atoms with E-state index in [-0.39, 0.29) is 13.1 Å². The lowest BCUT2D eigenvalue weighted by Crippen LogP contribution is -2.37. The van der Waals surface area contributed by atoms with Crippen molar-refractivity contribution < 1.29 is 22.8 Å². The van der Waals surface area contributed by atoms with E-state index in [2.05, 4.69) is 20.8 Å². The Morgan fingerprint density at radius 1 is 1.39 bits per heavy atom. The van der Waals surface area contributed by atoms with Crippen molar-refractivity contribution in [1.29, 1.82) is 0 Å². The van der Waals surface area contributed by atoms with Crippen molar-refractivity contribution in [2.24, 2.45) is 0 Å². The van der Waals surface area contributed by atoms with Crippen LogP contribution in [0.4, 0.5) is 13.2 Å². The normalized spacial score (nSPS) is 16.2. The van der Waals surface area contributed by atoms with Crippen LogP contribution >= 0.6 is 15.9 Å². The van der Waals surface area contributed by atoms with Gasteiger partial charge in [0.1, 0.15) is 0 Å². The standard InChI is InChI=1S/C11H9BrF3NO2/c12-9-3-1-2-7-6-16(5-4-8(7)9)18-10(17)11(13,14)15/h1-3H,4-6H2. The molecule has 0 amide bonds. The summed E-state index contributed by atoms with van der Waals surface area (Å²) in [6.45, 7) is 0.411. The smallest absolute Gasteiger partial charge is 0.360 e. The van der Waals surface area contributed by atoms with Gasteiger partial charge < -0.3 is 4.84 Å². The fourth-order valence-corrected chi connectivity index (χ4v) is 2.39. The lowest BCUT2D eigenvalue weighted by molar-refractivity contribution is -0.241. The molecule has 0 saturated heterocycles. The molecule has 0 spiro atoms. The molecule has 3 nitrogen and oxygen atoms in total. The molecule has 0 saturated carbocycles. The Morgan fingerprint density at radius 2 is 2.11 bits per heavy atom. The lowest BCUT2D eigenvalue weighted by atomic mass is 10.0. The molecule has 1 heterocycles. The zero-order chi connectivity index (χ0) is 13.3. The number of benzene rings is 1. The van der Waals surface area contributed by atoms with E-state index in [1.54, 1.807) is 12.1 Å². The summed E-state index contributed by atoms with van der Waals surface area (Å²) in [4.78, 5) is 15.0. The highest BCUT2D eigenvalue weighted by atomic mass is 79.9. The van der Waals surface area contributed by atoms with Crippen molar-refractivity contribution in [2.75, 3.05) is 6.54 Å². The van der Waals surface area contributed by atoms with Crippen molar-refractivity contribution in [3.05, 3.63) is 33.8 Å². The summed E-state index contributed by atoms with van der Waals surface area (Å²) in [7, 11) is 0. The summed E-state index contributed by atoms with van der Waals surface area (Å²) in [5, 5.41) is 1.03. The van der Waals surface area contributed by atoms with Crippen LogP contribution in [0.1, 0.15) is 11.1 Å². The number of rotatable bonds is 1. The van der Waals surface area contributed by atoms with E-state index in [0.29, 0.717) is 6.42 Å². The summed E-state index contributed by atoms with van der Waals surface area (Å²) in [5.41, 5.74) is 1.89. The van der Waals surface area contributed by atoms with E-state index in [1.165, 1.54) is 0 Å². The predicted molar refractivity (Wildman–Crippen MR) is 60.4 cm³/mol. The minimum atomic E-state index is -4.96. The van der Waals surface area contributed by atoms with Gasteiger partial charge in [-0.25, -0.2) is 4.79 Å². The number of nitrogens with zero attached hydrogens (tertiary/aromatic N) is 1. The number of fused-ring (bicyclic) bond motifs is 1. The second kappa shape index (κ2) is 4.89. The van der Waals surface area contributed by atoms with Gasteiger partial charge in [0.25, 0.3) is 0 Å². The monoisotopic (exact) mass is 323 g/mol. The molecule has 0 aliphatic carbocycles. The topological polar surface area (TPSA) is 29.5 Å². The minimum Gasteiger partial charge on any atom is -0.360 e. The van der Waals surface area contributed by atoms with Gasteiger partial charge in [-0.05, 0) is 23.6 Å². The maximum absolute atomic E-state index is 12.1. The molecule has 7 heteroatoms. The van der Waals surface area contributed by atoms with Gasteiger partial charge >= 0.3 is 12.1 Å². The summed E-state index contributed by atoms with van der Waals surface area (Å²) in [6.07, 6.45) is -4.43. The van der Waals surface area contributed by atoms with Gasteiger partial charge in [0.15, 0.2) is 0 Å². The van der Waals surface area contributed by atoms with Crippen LogP contribution in [0.3, 0.4) is 0 Å². The maximum atomic E-state index is 12.1. The third kappa shape index (κ3) is 2.84. The van der Waals surface area contributed by atoms with Gasteiger partial charge in [-0.1, -0.05) is 28.1 Å². The van der Waals surface area contributed by atoms with Crippen LogP contribution in [0.25, 0.3) is 0 Å². The van der Waals surface area contributed by atoms with Gasteiger partial charge in [0, 0.05) is 11.0 Å². The molecule has 1 aromatic rings. The Morgan fingerprint density at radius 3 is 2.78 bits per heavy atom. The molecule has 0 unspecified atom stereocenters. The summed E-state index contributed by atoms with van der Waals surface area (Å²) in [5.74, 6) is -2.18. The number of hydrogen-bond acceptors (Lipinski definition) is 3. The van der Waals surface area contributed by atoms with Gasteiger partial charge in [-0.15, -0.1) is 5.06 Å². The number of carbonyl (C=O) groups excluding carboxylic acids is 1. The van der Waals surface area contributed by atoms with Crippen molar-refractivity contribution in [1.82, 2.24) is 5.06 Å². The fourth-order valence-electron chi connectivity index (χ4n) is 1.78. The molecular formula is C11H9BrF3NO2. The van der Waals surface area contributed by atoms with Crippen molar-refractivity contribution in [3.63, 3.8) is 0 Å². The van der Waals surface area contributed by atoms with E-state index >= 15 is 0 Å². The van der Waals surface area contributed by atoms with Gasteiger partial charge in [0.05, 0.1) is 6.54 Å². The Balaban J connectivity index is 2.07. The second-order valence-corrected chi connectivity index (χ2v) is 4.72. The molecule has 1 aromatic carbocycles. The van der Waals surface area contributed by atoms with Crippen molar-refractivity contribution in [2.45, 2.75) is 19.1 Å². The van der Waals surface area contributed by atoms with Crippen LogP contribution in [0, 0.1) is 0 Å². The van der Waals surface area contributed by atoms with Crippen LogP contribution in [0.15, 0.2) is 22.7 Å². The number of carbonyl (C=O) groups is 1. The summed E-state index contributed by atoms with van der Waals surface area (Å²) >= 11 is 3.38. The average molecular weight is 324 g/mol. The van der Waals surface area contributed by atoms with Crippen LogP contribution in [0.5, 0.6) is 0 Å². The first-order valence-electron chi connectivity index (χ1n) is 5.18. The van der Waals surface area contributed by atoms with Crippen LogP contribution in [0.2, 0.25) is 0 Å². The van der Waals surface area contributed by atoms with Crippen molar-refractivity contribution in [3.8, 4) is 0 Å². The van der Waals surface area contributed by atoms with Crippen LogP contribution in [-0.4, -0.2) is 23.8 Å². The molecule has 98 valence electrons. The first-order valence-corrected chi connectivity index (χ1v) is 5.97. The molecule has 0 bridgehead atoms. The molecule has 0 atom stereocenters. The third-order valence-corrected chi connectivity index (χ3v) is 3.36. The molecular weight excluding hydrogens is 315 g/mol. The number of hydrogen-bond donors (Lipinski definition) is 0. The first-order chi connectivity index (χ1) is 8.38. The minimum absolute atomic E-state index is 0.163. The Labute approximate surface area is 110 Å². The van der Waals surface area contributed by atoms with Gasteiger partial charge in [-0.3, -0.25) is 0 Å². The molecule has 1 aliphatic rings. The Hall–Kier alpha value is -1.08. The highest BCUT2D eigenvalue weighted by Gasteiger charge is 2.42. The highest BCUT2D eigenvalue weighted by molar-refractivity contribution is 9.10. The van der Waals surface area contributed by atoms with Gasteiger partial charge in [-0.2, -0.15) is 13.2 Å². The zero-order valence-corrected chi connectivity index (χ0v) is 10.7. The zero-order valence-electron chi connectivity index (χ0n) is 9.13. The van der Waals surface area contributed by atoms with Crippen molar-refractivity contribution >= 4 is 21.9 Å². The van der Waals surface area contributed by atoms with Crippen LogP contribution in [-0.2, 0) is 22.6 Å². The molecule has 0 radical (unpaired) electrons. The Kier molecular flexibility index (Phi) is 3.63. The molecule has 0 fully saturated rings. The second-order valence-electron chi connectivity index (χ2n) is 3.87. The predicted octanol–water partition coefficient (Wildman–Crippen LogP) is 2.83. The van der Waals surface area contributed by atoms with E-state index in [9.17, 15) is 18.0 Å². The molecule has 1 aliphatic heterocycles. The third-order valence-electron chi connectivity index (χ3n) is 2.62. The number of hydroxylamine groups is 2. The molecule has 2 rings (SSSR count). The number of alkyl halides is 3. The van der Waals surface area contributed by atoms with E-state index in [4.69, 9.17) is 0 Å². The largest absolute Gasteiger partial charge is 0.492 e. The van der Waals surface area contributed by atoms with E-state index in [1.807, 2.05) is 6.07 Å². The first kappa shape index (κ1) is 13.4. The molecule has 0 N–H and O–H groups in total. The maximum Gasteiger partial charge on any atom is 0.492 e. The van der Waals surface area contributed by atoms with E-state index in [0.717, 1.165) is 20.7 Å². The fraction of sp³-hybridized carbons (Fsp3) is 0.364. The number of halogens is 4. The molecule has 18 heavy (non-hydrogen) atoms. The highest BCUT2D eigenvalue weighted by Crippen LogP contribution is 2.27. The quantitative estimate of drug-likeness (QED) is 0.796. The van der Waals surface area contributed by atoms with E-state index < -0.39 is 12.1 Å². The summed E-state index contributed by atoms with van der Waals surface area (Å²) in [6, 6.07) is 5.46.